The van der Waals surface area contributed by atoms with E-state index in [9.17, 15) is 0 Å². The number of aryl methyl sites for hydroxylation is 1. The maximum atomic E-state index is 5.45. The van der Waals surface area contributed by atoms with Gasteiger partial charge in [-0.15, -0.1) is 5.10 Å². The van der Waals surface area contributed by atoms with Gasteiger partial charge < -0.3 is 5.73 Å². The van der Waals surface area contributed by atoms with Crippen LogP contribution in [-0.4, -0.2) is 21.5 Å². The molecule has 0 spiro atoms. The Hall–Kier alpha value is -1.68. The van der Waals surface area contributed by atoms with Crippen LogP contribution in [0.2, 0.25) is 0 Å². The highest BCUT2D eigenvalue weighted by atomic mass is 15.4. The predicted molar refractivity (Wildman–Crippen MR) is 59.2 cm³/mol. The summed E-state index contributed by atoms with van der Waals surface area (Å²) >= 11 is 0. The van der Waals surface area contributed by atoms with Gasteiger partial charge in [0.15, 0.2) is 0 Å². The zero-order valence-electron chi connectivity index (χ0n) is 8.72. The van der Waals surface area contributed by atoms with Crippen molar-refractivity contribution in [2.75, 3.05) is 6.54 Å². The van der Waals surface area contributed by atoms with Crippen LogP contribution in [0.3, 0.4) is 0 Å². The number of aromatic nitrogens is 3. The first-order chi connectivity index (χ1) is 7.31. The molecule has 2 rings (SSSR count). The standard InChI is InChI=1S/C11H14N4/c1-9-4-2-3-5-10(9)11-8-15(7-6-12)14-13-11/h2-5,8H,6-7,12H2,1H3. The summed E-state index contributed by atoms with van der Waals surface area (Å²) in [6.45, 7) is 3.35. The Morgan fingerprint density at radius 1 is 1.33 bits per heavy atom. The van der Waals surface area contributed by atoms with Gasteiger partial charge in [0.2, 0.25) is 0 Å². The number of hydrogen-bond acceptors (Lipinski definition) is 3. The molecule has 2 N–H and O–H groups in total. The average molecular weight is 202 g/mol. The smallest absolute Gasteiger partial charge is 0.113 e. The van der Waals surface area contributed by atoms with Crippen molar-refractivity contribution in [3.8, 4) is 11.3 Å². The summed E-state index contributed by atoms with van der Waals surface area (Å²) in [4.78, 5) is 0. The van der Waals surface area contributed by atoms with Gasteiger partial charge in [-0.25, -0.2) is 0 Å². The molecule has 0 amide bonds. The fourth-order valence-electron chi connectivity index (χ4n) is 1.52. The van der Waals surface area contributed by atoms with Crippen molar-refractivity contribution in [2.45, 2.75) is 13.5 Å². The summed E-state index contributed by atoms with van der Waals surface area (Å²) in [6.07, 6.45) is 1.93. The van der Waals surface area contributed by atoms with E-state index >= 15 is 0 Å². The van der Waals surface area contributed by atoms with Gasteiger partial charge in [0.05, 0.1) is 12.7 Å². The molecular formula is C11H14N4. The summed E-state index contributed by atoms with van der Waals surface area (Å²) in [5.41, 5.74) is 8.69. The second kappa shape index (κ2) is 4.23. The Morgan fingerprint density at radius 3 is 2.87 bits per heavy atom. The molecule has 0 bridgehead atoms. The van der Waals surface area contributed by atoms with Crippen molar-refractivity contribution < 1.29 is 0 Å². The maximum absolute atomic E-state index is 5.45. The summed E-state index contributed by atoms with van der Waals surface area (Å²) in [6, 6.07) is 8.14. The monoisotopic (exact) mass is 202 g/mol. The quantitative estimate of drug-likeness (QED) is 0.814. The lowest BCUT2D eigenvalue weighted by Crippen LogP contribution is -2.10. The molecule has 2 aromatic rings. The summed E-state index contributed by atoms with van der Waals surface area (Å²) in [5.74, 6) is 0. The van der Waals surface area contributed by atoms with Crippen LogP contribution in [0.5, 0.6) is 0 Å². The Balaban J connectivity index is 2.33. The minimum absolute atomic E-state index is 0.580. The van der Waals surface area contributed by atoms with Gasteiger partial charge in [0.1, 0.15) is 5.69 Å². The second-order valence-electron chi connectivity index (χ2n) is 3.47. The van der Waals surface area contributed by atoms with E-state index in [-0.39, 0.29) is 0 Å². The Bertz CT molecular complexity index is 447. The van der Waals surface area contributed by atoms with E-state index in [1.54, 1.807) is 4.68 Å². The van der Waals surface area contributed by atoms with Crippen molar-refractivity contribution in [1.29, 1.82) is 0 Å². The predicted octanol–water partition coefficient (Wildman–Crippen LogP) is 1.21. The fourth-order valence-corrected chi connectivity index (χ4v) is 1.52. The zero-order chi connectivity index (χ0) is 10.7. The third-order valence-corrected chi connectivity index (χ3v) is 2.32. The van der Waals surface area contributed by atoms with E-state index in [2.05, 4.69) is 23.3 Å². The third kappa shape index (κ3) is 2.05. The van der Waals surface area contributed by atoms with Crippen molar-refractivity contribution in [1.82, 2.24) is 15.0 Å². The molecule has 0 aliphatic rings. The van der Waals surface area contributed by atoms with Crippen molar-refractivity contribution in [3.63, 3.8) is 0 Å². The normalized spacial score (nSPS) is 10.5. The first-order valence-electron chi connectivity index (χ1n) is 4.97. The Morgan fingerprint density at radius 2 is 2.13 bits per heavy atom. The molecule has 0 fully saturated rings. The number of hydrogen-bond donors (Lipinski definition) is 1. The lowest BCUT2D eigenvalue weighted by atomic mass is 10.1. The molecule has 0 aliphatic heterocycles. The van der Waals surface area contributed by atoms with Crippen LogP contribution in [0.1, 0.15) is 5.56 Å². The Kier molecular flexibility index (Phi) is 2.78. The molecule has 0 saturated heterocycles. The molecule has 1 aromatic carbocycles. The van der Waals surface area contributed by atoms with Gasteiger partial charge in [-0.3, -0.25) is 4.68 Å². The van der Waals surface area contributed by atoms with E-state index in [0.717, 1.165) is 11.3 Å². The molecule has 1 heterocycles. The van der Waals surface area contributed by atoms with Crippen molar-refractivity contribution >= 4 is 0 Å². The van der Waals surface area contributed by atoms with Crippen molar-refractivity contribution in [2.24, 2.45) is 5.73 Å². The molecule has 4 heteroatoms. The number of nitrogens with two attached hydrogens (primary N) is 1. The van der Waals surface area contributed by atoms with E-state index in [1.165, 1.54) is 5.56 Å². The second-order valence-corrected chi connectivity index (χ2v) is 3.47. The van der Waals surface area contributed by atoms with Gasteiger partial charge in [-0.2, -0.15) is 0 Å². The molecule has 4 nitrogen and oxygen atoms in total. The molecule has 78 valence electrons. The molecule has 15 heavy (non-hydrogen) atoms. The topological polar surface area (TPSA) is 56.7 Å². The SMILES string of the molecule is Cc1ccccc1-c1cn(CCN)nn1. The van der Waals surface area contributed by atoms with Gasteiger partial charge in [0, 0.05) is 12.1 Å². The summed E-state index contributed by atoms with van der Waals surface area (Å²) < 4.78 is 1.77. The first-order valence-corrected chi connectivity index (χ1v) is 4.97. The van der Waals surface area contributed by atoms with Crippen LogP contribution in [0.15, 0.2) is 30.5 Å². The lowest BCUT2D eigenvalue weighted by molar-refractivity contribution is 0.598. The van der Waals surface area contributed by atoms with Crippen LogP contribution in [0.25, 0.3) is 11.3 Å². The molecule has 1 aromatic heterocycles. The molecular weight excluding hydrogens is 188 g/mol. The minimum Gasteiger partial charge on any atom is -0.329 e. The largest absolute Gasteiger partial charge is 0.329 e. The molecule has 0 saturated carbocycles. The van der Waals surface area contributed by atoms with E-state index in [0.29, 0.717) is 13.1 Å². The molecule has 0 unspecified atom stereocenters. The maximum Gasteiger partial charge on any atom is 0.113 e. The third-order valence-electron chi connectivity index (χ3n) is 2.32. The zero-order valence-corrected chi connectivity index (χ0v) is 8.72. The van der Waals surface area contributed by atoms with Gasteiger partial charge in [-0.05, 0) is 12.5 Å². The summed E-state index contributed by atoms with van der Waals surface area (Å²) in [7, 11) is 0. The Labute approximate surface area is 88.7 Å². The molecule has 0 atom stereocenters. The van der Waals surface area contributed by atoms with E-state index < -0.39 is 0 Å². The van der Waals surface area contributed by atoms with Crippen LogP contribution < -0.4 is 5.73 Å². The van der Waals surface area contributed by atoms with E-state index in [1.807, 2.05) is 24.4 Å². The minimum atomic E-state index is 0.580. The average Bonchev–Trinajstić information content (AvgIpc) is 2.68. The van der Waals surface area contributed by atoms with Gasteiger partial charge >= 0.3 is 0 Å². The van der Waals surface area contributed by atoms with Gasteiger partial charge in [-0.1, -0.05) is 29.5 Å². The van der Waals surface area contributed by atoms with Crippen LogP contribution in [-0.2, 0) is 6.54 Å². The van der Waals surface area contributed by atoms with Crippen LogP contribution in [0.4, 0.5) is 0 Å². The number of rotatable bonds is 3. The van der Waals surface area contributed by atoms with Crippen molar-refractivity contribution in [3.05, 3.63) is 36.0 Å². The first kappa shape index (κ1) is 9.86. The summed E-state index contributed by atoms with van der Waals surface area (Å²) in [5, 5.41) is 8.13. The van der Waals surface area contributed by atoms with Crippen LogP contribution in [0, 0.1) is 6.92 Å². The highest BCUT2D eigenvalue weighted by molar-refractivity contribution is 5.61. The molecule has 0 aliphatic carbocycles. The number of benzene rings is 1. The van der Waals surface area contributed by atoms with Gasteiger partial charge in [0.25, 0.3) is 0 Å². The highest BCUT2D eigenvalue weighted by Gasteiger charge is 2.05. The van der Waals surface area contributed by atoms with Crippen LogP contribution >= 0.6 is 0 Å². The van der Waals surface area contributed by atoms with E-state index in [4.69, 9.17) is 5.73 Å². The lowest BCUT2D eigenvalue weighted by Gasteiger charge is -1.99. The fraction of sp³-hybridized carbons (Fsp3) is 0.273. The highest BCUT2D eigenvalue weighted by Crippen LogP contribution is 2.19. The molecule has 0 radical (unpaired) electrons. The number of nitrogens with zero attached hydrogens (tertiary/aromatic N) is 3.